The van der Waals surface area contributed by atoms with E-state index in [1.54, 1.807) is 24.1 Å². The number of carbonyl (C=O) groups is 1. The predicted octanol–water partition coefficient (Wildman–Crippen LogP) is 2.02. The Morgan fingerprint density at radius 1 is 1.32 bits per heavy atom. The van der Waals surface area contributed by atoms with Crippen LogP contribution in [-0.2, 0) is 14.8 Å². The summed E-state index contributed by atoms with van der Waals surface area (Å²) in [4.78, 5) is 14.4. The number of amides is 1. The van der Waals surface area contributed by atoms with Gasteiger partial charge in [0, 0.05) is 23.9 Å². The molecular weight excluding hydrogens is 344 g/mol. The highest BCUT2D eigenvalue weighted by molar-refractivity contribution is 8.00. The summed E-state index contributed by atoms with van der Waals surface area (Å²) in [6.07, 6.45) is 2.01. The summed E-state index contributed by atoms with van der Waals surface area (Å²) >= 11 is 7.28. The highest BCUT2D eigenvalue weighted by Gasteiger charge is 2.43. The van der Waals surface area contributed by atoms with Crippen LogP contribution in [0, 0.1) is 0 Å². The standard InChI is InChI=1S/C14H17ClN2O3S2/c1-16(11-4-5-11)14(18)13-8-21-9-17(13)22(19,20)12-6-2-10(15)3-7-12/h2-3,6-7,11,13H,4-5,8-9H2,1H3. The lowest BCUT2D eigenvalue weighted by Gasteiger charge is -2.26. The Balaban J connectivity index is 1.85. The van der Waals surface area contributed by atoms with E-state index < -0.39 is 16.1 Å². The third-order valence-electron chi connectivity index (χ3n) is 3.99. The Bertz CT molecular complexity index is 674. The van der Waals surface area contributed by atoms with Gasteiger partial charge in [0.05, 0.1) is 10.8 Å². The molecule has 0 N–H and O–H groups in total. The first-order valence-corrected chi connectivity index (χ1v) is 10.0. The zero-order valence-corrected chi connectivity index (χ0v) is 14.5. The second-order valence-electron chi connectivity index (χ2n) is 5.54. The summed E-state index contributed by atoms with van der Waals surface area (Å²) in [6, 6.07) is 5.71. The van der Waals surface area contributed by atoms with Gasteiger partial charge in [0.1, 0.15) is 6.04 Å². The van der Waals surface area contributed by atoms with Gasteiger partial charge in [0.15, 0.2) is 0 Å². The van der Waals surface area contributed by atoms with Crippen molar-refractivity contribution in [2.45, 2.75) is 29.8 Å². The zero-order valence-electron chi connectivity index (χ0n) is 12.1. The molecule has 0 aromatic heterocycles. The SMILES string of the molecule is CN(C(=O)C1CSCN1S(=O)(=O)c1ccc(Cl)cc1)C1CC1. The van der Waals surface area contributed by atoms with Crippen LogP contribution in [0.4, 0.5) is 0 Å². The van der Waals surface area contributed by atoms with Gasteiger partial charge in [-0.1, -0.05) is 11.6 Å². The van der Waals surface area contributed by atoms with Gasteiger partial charge in [-0.3, -0.25) is 4.79 Å². The van der Waals surface area contributed by atoms with Gasteiger partial charge in [-0.15, -0.1) is 11.8 Å². The van der Waals surface area contributed by atoms with Crippen molar-refractivity contribution < 1.29 is 13.2 Å². The summed E-state index contributed by atoms with van der Waals surface area (Å²) in [7, 11) is -1.92. The van der Waals surface area contributed by atoms with Crippen molar-refractivity contribution in [1.29, 1.82) is 0 Å². The number of thioether (sulfide) groups is 1. The van der Waals surface area contributed by atoms with Crippen LogP contribution in [0.2, 0.25) is 5.02 Å². The third-order valence-corrected chi connectivity index (χ3v) is 7.29. The van der Waals surface area contributed by atoms with Crippen LogP contribution in [0.5, 0.6) is 0 Å². The van der Waals surface area contributed by atoms with Gasteiger partial charge < -0.3 is 4.90 Å². The topological polar surface area (TPSA) is 57.7 Å². The van der Waals surface area contributed by atoms with E-state index in [1.165, 1.54) is 28.2 Å². The lowest BCUT2D eigenvalue weighted by molar-refractivity contribution is -0.133. The minimum absolute atomic E-state index is 0.106. The van der Waals surface area contributed by atoms with Crippen molar-refractivity contribution in [3.05, 3.63) is 29.3 Å². The Hall–Kier alpha value is -0.760. The maximum atomic E-state index is 12.8. The van der Waals surface area contributed by atoms with Crippen LogP contribution in [0.25, 0.3) is 0 Å². The van der Waals surface area contributed by atoms with E-state index in [2.05, 4.69) is 0 Å². The molecule has 1 aliphatic carbocycles. The average molecular weight is 361 g/mol. The molecule has 1 heterocycles. The van der Waals surface area contributed by atoms with Crippen molar-refractivity contribution in [2.24, 2.45) is 0 Å². The van der Waals surface area contributed by atoms with Gasteiger partial charge in [0.25, 0.3) is 0 Å². The van der Waals surface area contributed by atoms with E-state index in [1.807, 2.05) is 0 Å². The van der Waals surface area contributed by atoms with E-state index in [9.17, 15) is 13.2 Å². The molecule has 1 aromatic rings. The Morgan fingerprint density at radius 3 is 2.55 bits per heavy atom. The largest absolute Gasteiger partial charge is 0.341 e. The number of benzene rings is 1. The van der Waals surface area contributed by atoms with E-state index >= 15 is 0 Å². The first-order valence-electron chi connectivity index (χ1n) is 7.03. The monoisotopic (exact) mass is 360 g/mol. The van der Waals surface area contributed by atoms with E-state index in [0.717, 1.165) is 12.8 Å². The third kappa shape index (κ3) is 2.99. The van der Waals surface area contributed by atoms with Crippen LogP contribution in [0.15, 0.2) is 29.2 Å². The van der Waals surface area contributed by atoms with Crippen LogP contribution in [0.1, 0.15) is 12.8 Å². The van der Waals surface area contributed by atoms with Gasteiger partial charge >= 0.3 is 0 Å². The molecule has 0 spiro atoms. The van der Waals surface area contributed by atoms with Crippen LogP contribution < -0.4 is 0 Å². The number of halogens is 1. The molecule has 1 atom stereocenters. The number of rotatable bonds is 4. The molecule has 0 radical (unpaired) electrons. The Morgan fingerprint density at radius 2 is 1.95 bits per heavy atom. The Labute approximate surface area is 139 Å². The van der Waals surface area contributed by atoms with Crippen LogP contribution >= 0.6 is 23.4 Å². The van der Waals surface area contributed by atoms with Crippen molar-refractivity contribution in [3.63, 3.8) is 0 Å². The van der Waals surface area contributed by atoms with Crippen LogP contribution in [-0.4, -0.2) is 54.3 Å². The average Bonchev–Trinajstić information content (AvgIpc) is 3.22. The second kappa shape index (κ2) is 6.03. The van der Waals surface area contributed by atoms with Gasteiger partial charge in [0.2, 0.25) is 15.9 Å². The highest BCUT2D eigenvalue weighted by atomic mass is 35.5. The first kappa shape index (κ1) is 16.1. The normalized spacial score (nSPS) is 22.7. The van der Waals surface area contributed by atoms with Crippen molar-refractivity contribution in [1.82, 2.24) is 9.21 Å². The molecule has 3 rings (SSSR count). The van der Waals surface area contributed by atoms with Crippen molar-refractivity contribution in [3.8, 4) is 0 Å². The molecule has 2 aliphatic rings. The maximum Gasteiger partial charge on any atom is 0.244 e. The van der Waals surface area contributed by atoms with Crippen LogP contribution in [0.3, 0.4) is 0 Å². The van der Waals surface area contributed by atoms with Crippen molar-refractivity contribution in [2.75, 3.05) is 18.7 Å². The molecule has 1 unspecified atom stereocenters. The Kier molecular flexibility index (Phi) is 4.42. The number of hydrogen-bond donors (Lipinski definition) is 0. The van der Waals surface area contributed by atoms with Gasteiger partial charge in [-0.2, -0.15) is 4.31 Å². The molecule has 2 fully saturated rings. The molecule has 8 heteroatoms. The number of carbonyl (C=O) groups excluding carboxylic acids is 1. The fourth-order valence-electron chi connectivity index (χ4n) is 2.48. The van der Waals surface area contributed by atoms with Gasteiger partial charge in [-0.25, -0.2) is 8.42 Å². The molecule has 1 aromatic carbocycles. The summed E-state index contributed by atoms with van der Waals surface area (Å²) in [5.41, 5.74) is 0. The van der Waals surface area contributed by atoms with E-state index in [4.69, 9.17) is 11.6 Å². The smallest absolute Gasteiger partial charge is 0.244 e. The molecule has 1 aliphatic heterocycles. The molecule has 1 saturated heterocycles. The molecule has 1 amide bonds. The van der Waals surface area contributed by atoms with Crippen molar-refractivity contribution >= 4 is 39.3 Å². The fourth-order valence-corrected chi connectivity index (χ4v) is 5.74. The highest BCUT2D eigenvalue weighted by Crippen LogP contribution is 2.32. The molecule has 120 valence electrons. The number of likely N-dealkylation sites (N-methyl/N-ethyl adjacent to an activating group) is 1. The van der Waals surface area contributed by atoms with E-state index in [-0.39, 0.29) is 16.8 Å². The number of hydrogen-bond acceptors (Lipinski definition) is 4. The summed E-state index contributed by atoms with van der Waals surface area (Å²) in [5.74, 6) is 0.702. The number of nitrogens with zero attached hydrogens (tertiary/aromatic N) is 2. The minimum Gasteiger partial charge on any atom is -0.341 e. The summed E-state index contributed by atoms with van der Waals surface area (Å²) in [5, 5.41) is 0.482. The maximum absolute atomic E-state index is 12.8. The number of sulfonamides is 1. The summed E-state index contributed by atoms with van der Waals surface area (Å²) < 4.78 is 26.8. The van der Waals surface area contributed by atoms with E-state index in [0.29, 0.717) is 16.7 Å². The molecule has 0 bridgehead atoms. The lowest BCUT2D eigenvalue weighted by Crippen LogP contribution is -2.48. The molecule has 5 nitrogen and oxygen atoms in total. The lowest BCUT2D eigenvalue weighted by atomic mass is 10.3. The molecule has 1 saturated carbocycles. The fraction of sp³-hybridized carbons (Fsp3) is 0.500. The second-order valence-corrected chi connectivity index (χ2v) is 8.87. The zero-order chi connectivity index (χ0) is 15.9. The summed E-state index contributed by atoms with van der Waals surface area (Å²) in [6.45, 7) is 0. The van der Waals surface area contributed by atoms with Gasteiger partial charge in [-0.05, 0) is 37.1 Å². The first-order chi connectivity index (χ1) is 10.4. The molecule has 22 heavy (non-hydrogen) atoms. The minimum atomic E-state index is -3.68. The quantitative estimate of drug-likeness (QED) is 0.824. The molecular formula is C14H17ClN2O3S2. The predicted molar refractivity (Wildman–Crippen MR) is 87.4 cm³/mol.